The van der Waals surface area contributed by atoms with Crippen molar-refractivity contribution in [3.05, 3.63) is 17.8 Å². The first-order chi connectivity index (χ1) is 8.04. The van der Waals surface area contributed by atoms with Gasteiger partial charge in [0.2, 0.25) is 5.88 Å². The van der Waals surface area contributed by atoms with E-state index in [1.807, 2.05) is 13.8 Å². The van der Waals surface area contributed by atoms with Crippen LogP contribution in [-0.2, 0) is 4.74 Å². The molecule has 2 N–H and O–H groups in total. The predicted molar refractivity (Wildman–Crippen MR) is 64.9 cm³/mol. The van der Waals surface area contributed by atoms with Crippen molar-refractivity contribution in [1.29, 1.82) is 0 Å². The fourth-order valence-corrected chi connectivity index (χ4v) is 1.18. The van der Waals surface area contributed by atoms with Gasteiger partial charge in [-0.2, -0.15) is 0 Å². The van der Waals surface area contributed by atoms with E-state index in [0.29, 0.717) is 24.8 Å². The molecule has 1 aromatic heterocycles. The number of nitrogen functional groups attached to an aromatic ring is 1. The van der Waals surface area contributed by atoms with Gasteiger partial charge in [0.15, 0.2) is 0 Å². The molecule has 0 aliphatic heterocycles. The van der Waals surface area contributed by atoms with Gasteiger partial charge in [0.1, 0.15) is 5.56 Å². The minimum Gasteiger partial charge on any atom is -0.477 e. The Morgan fingerprint density at radius 1 is 1.53 bits per heavy atom. The second-order valence-electron chi connectivity index (χ2n) is 4.05. The highest BCUT2D eigenvalue weighted by molar-refractivity contribution is 5.92. The Hall–Kier alpha value is -1.78. The average molecular weight is 238 g/mol. The number of esters is 1. The van der Waals surface area contributed by atoms with E-state index in [-0.39, 0.29) is 11.4 Å². The first kappa shape index (κ1) is 13.3. The maximum absolute atomic E-state index is 11.7. The smallest absolute Gasteiger partial charge is 0.343 e. The van der Waals surface area contributed by atoms with Crippen molar-refractivity contribution < 1.29 is 14.3 Å². The van der Waals surface area contributed by atoms with Gasteiger partial charge in [-0.1, -0.05) is 13.8 Å². The Bertz CT molecular complexity index is 391. The van der Waals surface area contributed by atoms with E-state index in [0.717, 1.165) is 0 Å². The van der Waals surface area contributed by atoms with Crippen molar-refractivity contribution >= 4 is 11.7 Å². The number of rotatable bonds is 5. The van der Waals surface area contributed by atoms with Crippen LogP contribution in [0.5, 0.6) is 5.88 Å². The molecule has 0 radical (unpaired) electrons. The Morgan fingerprint density at radius 3 is 2.82 bits per heavy atom. The summed E-state index contributed by atoms with van der Waals surface area (Å²) in [5, 5.41) is 0. The van der Waals surface area contributed by atoms with Crippen molar-refractivity contribution in [2.75, 3.05) is 18.9 Å². The number of pyridine rings is 1. The van der Waals surface area contributed by atoms with E-state index in [1.54, 1.807) is 6.92 Å². The fraction of sp³-hybridized carbons (Fsp3) is 0.500. The lowest BCUT2D eigenvalue weighted by Gasteiger charge is -2.11. The molecule has 5 heteroatoms. The summed E-state index contributed by atoms with van der Waals surface area (Å²) in [5.74, 6) is 0.154. The number of carbonyl (C=O) groups is 1. The average Bonchev–Trinajstić information content (AvgIpc) is 2.27. The first-order valence-electron chi connectivity index (χ1n) is 5.60. The van der Waals surface area contributed by atoms with E-state index in [2.05, 4.69) is 4.98 Å². The number of nitrogens with two attached hydrogens (primary N) is 1. The van der Waals surface area contributed by atoms with Crippen molar-refractivity contribution in [2.24, 2.45) is 5.92 Å². The van der Waals surface area contributed by atoms with Gasteiger partial charge in [-0.15, -0.1) is 0 Å². The zero-order valence-corrected chi connectivity index (χ0v) is 10.4. The summed E-state index contributed by atoms with van der Waals surface area (Å²) in [4.78, 5) is 15.7. The third kappa shape index (κ3) is 3.94. The maximum Gasteiger partial charge on any atom is 0.343 e. The van der Waals surface area contributed by atoms with E-state index in [4.69, 9.17) is 15.2 Å². The summed E-state index contributed by atoms with van der Waals surface area (Å²) in [6, 6.07) is 1.51. The molecule has 0 atom stereocenters. The highest BCUT2D eigenvalue weighted by Gasteiger charge is 2.16. The molecule has 17 heavy (non-hydrogen) atoms. The largest absolute Gasteiger partial charge is 0.477 e. The van der Waals surface area contributed by atoms with Crippen molar-refractivity contribution in [3.8, 4) is 5.88 Å². The molecule has 0 unspecified atom stereocenters. The van der Waals surface area contributed by atoms with Gasteiger partial charge >= 0.3 is 5.97 Å². The molecule has 0 saturated heterocycles. The lowest BCUT2D eigenvalue weighted by atomic mass is 10.2. The quantitative estimate of drug-likeness (QED) is 0.793. The summed E-state index contributed by atoms with van der Waals surface area (Å²) in [5.41, 5.74) is 6.27. The molecule has 0 aromatic carbocycles. The molecular weight excluding hydrogens is 220 g/mol. The van der Waals surface area contributed by atoms with Crippen LogP contribution in [0.25, 0.3) is 0 Å². The molecule has 0 bridgehead atoms. The van der Waals surface area contributed by atoms with Crippen LogP contribution in [-0.4, -0.2) is 24.2 Å². The summed E-state index contributed by atoms with van der Waals surface area (Å²) in [6.45, 7) is 6.57. The van der Waals surface area contributed by atoms with Gasteiger partial charge in [-0.25, -0.2) is 9.78 Å². The summed E-state index contributed by atoms with van der Waals surface area (Å²) < 4.78 is 10.4. The van der Waals surface area contributed by atoms with Gasteiger partial charge in [0, 0.05) is 0 Å². The number of aromatic nitrogens is 1. The molecule has 94 valence electrons. The van der Waals surface area contributed by atoms with Crippen LogP contribution < -0.4 is 10.5 Å². The van der Waals surface area contributed by atoms with Crippen LogP contribution in [0.15, 0.2) is 12.3 Å². The Kier molecular flexibility index (Phi) is 4.75. The van der Waals surface area contributed by atoms with Gasteiger partial charge in [-0.3, -0.25) is 0 Å². The van der Waals surface area contributed by atoms with Crippen LogP contribution in [0.3, 0.4) is 0 Å². The van der Waals surface area contributed by atoms with Crippen LogP contribution >= 0.6 is 0 Å². The van der Waals surface area contributed by atoms with E-state index in [1.165, 1.54) is 12.3 Å². The molecule has 5 nitrogen and oxygen atoms in total. The van der Waals surface area contributed by atoms with Crippen molar-refractivity contribution in [3.63, 3.8) is 0 Å². The second kappa shape index (κ2) is 6.08. The van der Waals surface area contributed by atoms with Gasteiger partial charge in [0.25, 0.3) is 0 Å². The summed E-state index contributed by atoms with van der Waals surface area (Å²) in [6.07, 6.45) is 1.46. The van der Waals surface area contributed by atoms with Crippen molar-refractivity contribution in [2.45, 2.75) is 20.8 Å². The van der Waals surface area contributed by atoms with Crippen LogP contribution in [0.4, 0.5) is 5.69 Å². The molecule has 0 aliphatic rings. The number of ether oxygens (including phenoxy) is 2. The maximum atomic E-state index is 11.7. The molecule has 0 aliphatic carbocycles. The standard InChI is InChI=1S/C12H18N2O3/c1-4-16-12(15)10-5-9(13)6-14-11(10)17-7-8(2)3/h5-6,8H,4,7,13H2,1-3H3. The van der Waals surface area contributed by atoms with Gasteiger partial charge < -0.3 is 15.2 Å². The first-order valence-corrected chi connectivity index (χ1v) is 5.60. The molecule has 0 amide bonds. The molecule has 0 spiro atoms. The highest BCUT2D eigenvalue weighted by Crippen LogP contribution is 2.19. The minimum atomic E-state index is -0.467. The third-order valence-electron chi connectivity index (χ3n) is 1.92. The van der Waals surface area contributed by atoms with E-state index in [9.17, 15) is 4.79 Å². The number of carbonyl (C=O) groups excluding carboxylic acids is 1. The van der Waals surface area contributed by atoms with Crippen LogP contribution in [0.1, 0.15) is 31.1 Å². The molecule has 1 aromatic rings. The zero-order valence-electron chi connectivity index (χ0n) is 10.4. The Labute approximate surface area is 101 Å². The second-order valence-corrected chi connectivity index (χ2v) is 4.05. The molecule has 1 rings (SSSR count). The highest BCUT2D eigenvalue weighted by atomic mass is 16.5. The molecule has 0 fully saturated rings. The zero-order chi connectivity index (χ0) is 12.8. The van der Waals surface area contributed by atoms with Crippen molar-refractivity contribution in [1.82, 2.24) is 4.98 Å². The number of hydrogen-bond acceptors (Lipinski definition) is 5. The molecule has 1 heterocycles. The van der Waals surface area contributed by atoms with Crippen LogP contribution in [0, 0.1) is 5.92 Å². The van der Waals surface area contributed by atoms with E-state index < -0.39 is 5.97 Å². The monoisotopic (exact) mass is 238 g/mol. The normalized spacial score (nSPS) is 10.4. The van der Waals surface area contributed by atoms with Gasteiger partial charge in [-0.05, 0) is 18.9 Å². The molecular formula is C12H18N2O3. The lowest BCUT2D eigenvalue weighted by molar-refractivity contribution is 0.0520. The summed E-state index contributed by atoms with van der Waals surface area (Å²) in [7, 11) is 0. The summed E-state index contributed by atoms with van der Waals surface area (Å²) >= 11 is 0. The van der Waals surface area contributed by atoms with Crippen LogP contribution in [0.2, 0.25) is 0 Å². The SMILES string of the molecule is CCOC(=O)c1cc(N)cnc1OCC(C)C. The van der Waals surface area contributed by atoms with E-state index >= 15 is 0 Å². The third-order valence-corrected chi connectivity index (χ3v) is 1.92. The number of anilines is 1. The fourth-order valence-electron chi connectivity index (χ4n) is 1.18. The Balaban J connectivity index is 2.91. The number of hydrogen-bond donors (Lipinski definition) is 1. The van der Waals surface area contributed by atoms with Gasteiger partial charge in [0.05, 0.1) is 25.1 Å². The minimum absolute atomic E-state index is 0.270. The topological polar surface area (TPSA) is 74.4 Å². The predicted octanol–water partition coefficient (Wildman–Crippen LogP) is 1.88. The molecule has 0 saturated carbocycles. The lowest BCUT2D eigenvalue weighted by Crippen LogP contribution is -2.12. The number of nitrogens with zero attached hydrogens (tertiary/aromatic N) is 1. The Morgan fingerprint density at radius 2 is 2.24 bits per heavy atom.